The summed E-state index contributed by atoms with van der Waals surface area (Å²) in [4.78, 5) is 12.6. The van der Waals surface area contributed by atoms with Gasteiger partial charge in [-0.05, 0) is 10.6 Å². The third-order valence-corrected chi connectivity index (χ3v) is 1.10. The topological polar surface area (TPSA) is 86.1 Å². The molecule has 10 heavy (non-hydrogen) atoms. The van der Waals surface area contributed by atoms with Gasteiger partial charge in [-0.25, -0.2) is 0 Å². The third-order valence-electron chi connectivity index (χ3n) is 0.745. The first-order chi connectivity index (χ1) is 4.70. The zero-order valence-corrected chi connectivity index (χ0v) is 5.82. The summed E-state index contributed by atoms with van der Waals surface area (Å²) < 4.78 is 0. The molecule has 1 atom stereocenters. The molecule has 0 saturated heterocycles. The van der Waals surface area contributed by atoms with Crippen LogP contribution in [0.2, 0.25) is 0 Å². The van der Waals surface area contributed by atoms with Gasteiger partial charge in [0.1, 0.15) is 0 Å². The molecule has 0 aromatic carbocycles. The van der Waals surface area contributed by atoms with Gasteiger partial charge in [0, 0.05) is 17.2 Å². The molecule has 1 unspecified atom stereocenters. The monoisotopic (exact) mass is 163 g/mol. The summed E-state index contributed by atoms with van der Waals surface area (Å²) >= 11 is 5.16. The average Bonchev–Trinajstić information content (AvgIpc) is 1.88. The number of nitrogens with zero attached hydrogens (tertiary/aromatic N) is 3. The number of hydrogen-bond donors (Lipinski definition) is 1. The van der Waals surface area contributed by atoms with Crippen molar-refractivity contribution in [3.8, 4) is 0 Å². The van der Waals surface area contributed by atoms with E-state index in [1.165, 1.54) is 0 Å². The predicted molar refractivity (Wildman–Crippen MR) is 35.5 cm³/mol. The van der Waals surface area contributed by atoms with Gasteiger partial charge in [-0.3, -0.25) is 4.79 Å². The van der Waals surface area contributed by atoms with Crippen LogP contribution in [0.4, 0.5) is 0 Å². The number of aliphatic hydroxyl groups is 1. The van der Waals surface area contributed by atoms with Crippen molar-refractivity contribution in [2.75, 3.05) is 5.88 Å². The summed E-state index contributed by atoms with van der Waals surface area (Å²) in [5, 5.41) is 11.5. The number of amides is 1. The minimum absolute atomic E-state index is 0.0350. The summed E-state index contributed by atoms with van der Waals surface area (Å²) in [6.07, 6.45) is -1.13. The van der Waals surface area contributed by atoms with Crippen molar-refractivity contribution < 1.29 is 9.90 Å². The number of carbonyl (C=O) groups is 1. The zero-order valence-electron chi connectivity index (χ0n) is 5.07. The van der Waals surface area contributed by atoms with E-state index in [-0.39, 0.29) is 12.3 Å². The molecular formula is C4H6ClN3O2. The van der Waals surface area contributed by atoms with Crippen molar-refractivity contribution in [2.45, 2.75) is 12.5 Å². The molecular weight excluding hydrogens is 158 g/mol. The zero-order chi connectivity index (χ0) is 7.98. The molecule has 0 fully saturated rings. The standard InChI is InChI=1S/C4H6ClN3O2/c5-2-3(9)1-4(10)7-8-6/h3,9H,1-2H2. The number of azide groups is 1. The Hall–Kier alpha value is -0.770. The van der Waals surface area contributed by atoms with Gasteiger partial charge in [0.15, 0.2) is 0 Å². The highest BCUT2D eigenvalue weighted by molar-refractivity contribution is 6.18. The Bertz CT molecular complexity index is 166. The molecule has 0 aromatic heterocycles. The summed E-state index contributed by atoms with van der Waals surface area (Å²) in [6.45, 7) is 0. The summed E-state index contributed by atoms with van der Waals surface area (Å²) in [5.41, 5.74) is 7.75. The molecule has 6 heteroatoms. The fourth-order valence-electron chi connectivity index (χ4n) is 0.347. The van der Waals surface area contributed by atoms with Gasteiger partial charge < -0.3 is 5.11 Å². The summed E-state index contributed by atoms with van der Waals surface area (Å²) in [7, 11) is 0. The van der Waals surface area contributed by atoms with Crippen LogP contribution in [0, 0.1) is 0 Å². The molecule has 1 amide bonds. The largest absolute Gasteiger partial charge is 0.391 e. The molecule has 0 aliphatic rings. The number of aliphatic hydroxyl groups excluding tert-OH is 1. The van der Waals surface area contributed by atoms with Crippen LogP contribution in [0.25, 0.3) is 10.4 Å². The Labute approximate surface area is 62.2 Å². The van der Waals surface area contributed by atoms with Crippen molar-refractivity contribution >= 4 is 17.5 Å². The van der Waals surface area contributed by atoms with Crippen LogP contribution in [0.5, 0.6) is 0 Å². The molecule has 1 N–H and O–H groups in total. The van der Waals surface area contributed by atoms with E-state index >= 15 is 0 Å². The first-order valence-corrected chi connectivity index (χ1v) is 3.06. The van der Waals surface area contributed by atoms with E-state index in [2.05, 4.69) is 10.0 Å². The lowest BCUT2D eigenvalue weighted by molar-refractivity contribution is -0.119. The molecule has 0 rings (SSSR count). The normalized spacial score (nSPS) is 11.8. The number of halogens is 1. The quantitative estimate of drug-likeness (QED) is 0.289. The Morgan fingerprint density at radius 1 is 1.90 bits per heavy atom. The van der Waals surface area contributed by atoms with Crippen LogP contribution in [-0.4, -0.2) is 23.0 Å². The Morgan fingerprint density at radius 2 is 2.50 bits per heavy atom. The van der Waals surface area contributed by atoms with Gasteiger partial charge in [-0.15, -0.1) is 11.6 Å². The fourth-order valence-corrected chi connectivity index (χ4v) is 0.456. The van der Waals surface area contributed by atoms with Crippen molar-refractivity contribution in [3.05, 3.63) is 10.4 Å². The second-order valence-electron chi connectivity index (χ2n) is 1.60. The third kappa shape index (κ3) is 4.14. The van der Waals surface area contributed by atoms with Crippen molar-refractivity contribution in [1.82, 2.24) is 0 Å². The predicted octanol–water partition coefficient (Wildman–Crippen LogP) is 0.813. The molecule has 0 saturated carbocycles. The SMILES string of the molecule is [N-]=[N+]=NC(=O)CC(O)CCl. The molecule has 0 aromatic rings. The van der Waals surface area contributed by atoms with E-state index in [1.54, 1.807) is 0 Å². The Morgan fingerprint density at radius 3 is 2.90 bits per heavy atom. The first-order valence-electron chi connectivity index (χ1n) is 2.52. The van der Waals surface area contributed by atoms with E-state index < -0.39 is 12.0 Å². The highest BCUT2D eigenvalue weighted by Crippen LogP contribution is 1.96. The van der Waals surface area contributed by atoms with Crippen molar-refractivity contribution in [2.24, 2.45) is 5.11 Å². The fraction of sp³-hybridized carbons (Fsp3) is 0.750. The average molecular weight is 164 g/mol. The first kappa shape index (κ1) is 9.23. The highest BCUT2D eigenvalue weighted by atomic mass is 35.5. The second-order valence-corrected chi connectivity index (χ2v) is 1.90. The van der Waals surface area contributed by atoms with E-state index in [9.17, 15) is 4.79 Å². The maximum absolute atomic E-state index is 10.4. The van der Waals surface area contributed by atoms with Gasteiger partial charge in [-0.1, -0.05) is 0 Å². The van der Waals surface area contributed by atoms with Crippen molar-refractivity contribution in [1.29, 1.82) is 0 Å². The molecule has 0 bridgehead atoms. The minimum atomic E-state index is -0.917. The lowest BCUT2D eigenvalue weighted by Crippen LogP contribution is -2.12. The summed E-state index contributed by atoms with van der Waals surface area (Å²) in [6, 6.07) is 0. The van der Waals surface area contributed by atoms with Crippen molar-refractivity contribution in [3.63, 3.8) is 0 Å². The summed E-state index contributed by atoms with van der Waals surface area (Å²) in [5.74, 6) is -0.734. The van der Waals surface area contributed by atoms with Gasteiger partial charge in [0.05, 0.1) is 6.10 Å². The second kappa shape index (κ2) is 5.05. The van der Waals surface area contributed by atoms with Crippen LogP contribution in [-0.2, 0) is 4.79 Å². The number of rotatable bonds is 3. The maximum atomic E-state index is 10.4. The number of hydrogen-bond acceptors (Lipinski definition) is 2. The van der Waals surface area contributed by atoms with Gasteiger partial charge in [0.2, 0.25) is 5.91 Å². The van der Waals surface area contributed by atoms with E-state index in [0.717, 1.165) is 0 Å². The van der Waals surface area contributed by atoms with Crippen LogP contribution in [0.1, 0.15) is 6.42 Å². The minimum Gasteiger partial charge on any atom is -0.391 e. The van der Waals surface area contributed by atoms with E-state index in [0.29, 0.717) is 0 Å². The van der Waals surface area contributed by atoms with Crippen LogP contribution in [0.15, 0.2) is 5.11 Å². The van der Waals surface area contributed by atoms with Crippen LogP contribution in [0.3, 0.4) is 0 Å². The van der Waals surface area contributed by atoms with E-state index in [4.69, 9.17) is 22.2 Å². The van der Waals surface area contributed by atoms with E-state index in [1.807, 2.05) is 0 Å². The molecule has 5 nitrogen and oxygen atoms in total. The van der Waals surface area contributed by atoms with Gasteiger partial charge in [-0.2, -0.15) is 0 Å². The van der Waals surface area contributed by atoms with Crippen LogP contribution < -0.4 is 0 Å². The Balaban J connectivity index is 3.67. The maximum Gasteiger partial charge on any atom is 0.221 e. The molecule has 0 heterocycles. The molecule has 0 aliphatic heterocycles. The molecule has 0 aliphatic carbocycles. The Kier molecular flexibility index (Phi) is 4.66. The smallest absolute Gasteiger partial charge is 0.221 e. The molecule has 0 spiro atoms. The number of carbonyl (C=O) groups excluding carboxylic acids is 1. The van der Waals surface area contributed by atoms with Gasteiger partial charge >= 0.3 is 0 Å². The molecule has 0 radical (unpaired) electrons. The lowest BCUT2D eigenvalue weighted by atomic mass is 10.3. The highest BCUT2D eigenvalue weighted by Gasteiger charge is 2.06. The lowest BCUT2D eigenvalue weighted by Gasteiger charge is -1.99. The van der Waals surface area contributed by atoms with Gasteiger partial charge in [0.25, 0.3) is 0 Å². The number of alkyl halides is 1. The van der Waals surface area contributed by atoms with Crippen LogP contribution >= 0.6 is 11.6 Å². The molecule has 56 valence electrons.